The molecule has 0 unspecified atom stereocenters. The molecular formula is I3O9Y-3. The zero-order chi connectivity index (χ0) is 10.7. The van der Waals surface area contributed by atoms with Crippen molar-refractivity contribution >= 4 is 0 Å². The fourth-order valence-corrected chi connectivity index (χ4v) is 0. The van der Waals surface area contributed by atoms with Crippen molar-refractivity contribution in [3.63, 3.8) is 0 Å². The molecule has 0 heterocycles. The van der Waals surface area contributed by atoms with Crippen molar-refractivity contribution in [2.75, 3.05) is 0 Å². The van der Waals surface area contributed by atoms with E-state index in [9.17, 15) is 0 Å². The Bertz CT molecular complexity index is 43.4. The van der Waals surface area contributed by atoms with Crippen LogP contribution in [0.3, 0.4) is 0 Å². The van der Waals surface area contributed by atoms with Crippen LogP contribution in [-0.4, -0.2) is 0 Å². The number of rotatable bonds is 0. The van der Waals surface area contributed by atoms with Gasteiger partial charge in [0.1, 0.15) is 0 Å². The van der Waals surface area contributed by atoms with Gasteiger partial charge in [-0.15, -0.1) is 0 Å². The fraction of sp³-hybridized carbons (Fsp3) is 0. The van der Waals surface area contributed by atoms with Gasteiger partial charge < -0.3 is 30.9 Å². The van der Waals surface area contributed by atoms with Crippen LogP contribution in [0.2, 0.25) is 0 Å². The molecule has 0 amide bonds. The molecule has 0 rings (SSSR count). The van der Waals surface area contributed by atoms with E-state index in [2.05, 4.69) is 0 Å². The SMILES string of the molecule is [O-][I+2]([O-])[O-].[O-][I+2]([O-])[O-].[O-][I+2]([O-])[O-].[Y]. The first-order chi connectivity index (χ1) is 5.20. The first-order valence-electron chi connectivity index (χ1n) is 1.39. The van der Waals surface area contributed by atoms with E-state index in [-0.39, 0.29) is 32.7 Å². The molecule has 0 aromatic carbocycles. The zero-order valence-corrected chi connectivity index (χ0v) is 14.7. The predicted octanol–water partition coefficient (Wildman–Crippen LogP) is -19.7. The third kappa shape index (κ3) is 290. The van der Waals surface area contributed by atoms with Crippen LogP contribution in [0.5, 0.6) is 0 Å². The van der Waals surface area contributed by atoms with Gasteiger partial charge in [0.05, 0.1) is 0 Å². The Balaban J connectivity index is -0.0000000450. The quantitative estimate of drug-likeness (QED) is 0.237. The van der Waals surface area contributed by atoms with Gasteiger partial charge in [0.15, 0.2) is 0 Å². The van der Waals surface area contributed by atoms with Crippen LogP contribution in [0.15, 0.2) is 0 Å². The van der Waals surface area contributed by atoms with Crippen LogP contribution < -0.4 is 94.1 Å². The minimum Gasteiger partial charge on any atom is -0.427 e. The molecule has 0 atom stereocenters. The monoisotopic (exact) mass is 614 g/mol. The summed E-state index contributed by atoms with van der Waals surface area (Å²) >= 11 is -12.0. The molecular weight excluding hydrogens is 614 g/mol. The van der Waals surface area contributed by atoms with Crippen LogP contribution in [0.25, 0.3) is 0 Å². The third-order valence-corrected chi connectivity index (χ3v) is 0. The summed E-state index contributed by atoms with van der Waals surface area (Å²) < 4.78 is 77.2. The van der Waals surface area contributed by atoms with Crippen molar-refractivity contribution < 1.29 is 127 Å². The van der Waals surface area contributed by atoms with E-state index in [1.807, 2.05) is 0 Å². The molecule has 0 aliphatic rings. The maximum atomic E-state index is 8.57. The molecule has 0 aromatic heterocycles. The standard InChI is InChI=1S/3IO3.Y/c3*2-1(3)4;/q3*-1;. The number of hydrogen-bond acceptors (Lipinski definition) is 9. The summed E-state index contributed by atoms with van der Waals surface area (Å²) in [5, 5.41) is 0. The summed E-state index contributed by atoms with van der Waals surface area (Å²) in [6.45, 7) is 0. The van der Waals surface area contributed by atoms with Crippen molar-refractivity contribution in [2.45, 2.75) is 0 Å². The topological polar surface area (TPSA) is 208 Å². The van der Waals surface area contributed by atoms with Crippen molar-refractivity contribution in [3.8, 4) is 0 Å². The van der Waals surface area contributed by atoms with Crippen LogP contribution in [0, 0.1) is 0 Å². The maximum Gasteiger partial charge on any atom is 0.282 e. The first-order valence-corrected chi connectivity index (χ1v) is 9.32. The Morgan fingerprint density at radius 2 is 0.385 bits per heavy atom. The Morgan fingerprint density at radius 3 is 0.385 bits per heavy atom. The second-order valence-electron chi connectivity index (χ2n) is 0.567. The van der Waals surface area contributed by atoms with Gasteiger partial charge in [-0.3, -0.25) is 0 Å². The minimum atomic E-state index is -4.01. The smallest absolute Gasteiger partial charge is 0.282 e. The average Bonchev–Trinajstić information content (AvgIpc) is 1.54. The van der Waals surface area contributed by atoms with E-state index in [1.54, 1.807) is 0 Å². The summed E-state index contributed by atoms with van der Waals surface area (Å²) in [5.41, 5.74) is 0. The van der Waals surface area contributed by atoms with Gasteiger partial charge >= 0.3 is 0 Å². The Hall–Kier alpha value is 2.93. The molecule has 9 nitrogen and oxygen atoms in total. The van der Waals surface area contributed by atoms with E-state index in [0.717, 1.165) is 0 Å². The van der Waals surface area contributed by atoms with Crippen molar-refractivity contribution in [2.24, 2.45) is 0 Å². The van der Waals surface area contributed by atoms with E-state index in [4.69, 9.17) is 30.9 Å². The van der Waals surface area contributed by atoms with E-state index < -0.39 is 63.2 Å². The van der Waals surface area contributed by atoms with Gasteiger partial charge in [-0.05, 0) is 0 Å². The van der Waals surface area contributed by atoms with Gasteiger partial charge in [-0.1, -0.05) is 0 Å². The summed E-state index contributed by atoms with van der Waals surface area (Å²) in [6, 6.07) is 0. The predicted molar refractivity (Wildman–Crippen MR) is 0 cm³/mol. The van der Waals surface area contributed by atoms with E-state index in [0.29, 0.717) is 0 Å². The van der Waals surface area contributed by atoms with Crippen molar-refractivity contribution in [3.05, 3.63) is 0 Å². The average molecular weight is 614 g/mol. The summed E-state index contributed by atoms with van der Waals surface area (Å²) in [7, 11) is 0. The normalized spacial score (nSPS) is 8.31. The van der Waals surface area contributed by atoms with E-state index in [1.165, 1.54) is 0 Å². The molecule has 0 saturated carbocycles. The molecule has 0 aliphatic carbocycles. The number of halogens is 3. The first kappa shape index (κ1) is 25.0. The molecule has 0 spiro atoms. The van der Waals surface area contributed by atoms with Crippen LogP contribution in [0.1, 0.15) is 0 Å². The van der Waals surface area contributed by atoms with Gasteiger partial charge in [-0.25, -0.2) is 0 Å². The van der Waals surface area contributed by atoms with Gasteiger partial charge in [0.25, 0.3) is 63.2 Å². The molecule has 0 bridgehead atoms. The van der Waals surface area contributed by atoms with Crippen molar-refractivity contribution in [1.82, 2.24) is 0 Å². The van der Waals surface area contributed by atoms with Crippen LogP contribution in [0.4, 0.5) is 0 Å². The molecule has 13 heteroatoms. The molecule has 1 radical (unpaired) electrons. The molecule has 0 aromatic rings. The maximum absolute atomic E-state index is 8.57. The third-order valence-electron chi connectivity index (χ3n) is 0. The van der Waals surface area contributed by atoms with E-state index >= 15 is 0 Å². The molecule has 0 saturated heterocycles. The van der Waals surface area contributed by atoms with Crippen LogP contribution >= 0.6 is 0 Å². The number of hydrogen-bond donors (Lipinski definition) is 0. The molecule has 13 heavy (non-hydrogen) atoms. The second-order valence-corrected chi connectivity index (χ2v) is 3.80. The Labute approximate surface area is 124 Å². The summed E-state index contributed by atoms with van der Waals surface area (Å²) in [5.74, 6) is 0. The second kappa shape index (κ2) is 20.4. The minimum absolute atomic E-state index is 0. The van der Waals surface area contributed by atoms with Crippen LogP contribution in [-0.2, 0) is 32.7 Å². The van der Waals surface area contributed by atoms with Crippen molar-refractivity contribution in [1.29, 1.82) is 0 Å². The summed E-state index contributed by atoms with van der Waals surface area (Å²) in [6.07, 6.45) is 0. The Morgan fingerprint density at radius 1 is 0.385 bits per heavy atom. The Kier molecular flexibility index (Phi) is 39.1. The largest absolute Gasteiger partial charge is 0.427 e. The summed E-state index contributed by atoms with van der Waals surface area (Å²) in [4.78, 5) is 0. The molecule has 0 fully saturated rings. The molecule has 81 valence electrons. The van der Waals surface area contributed by atoms with Gasteiger partial charge in [0.2, 0.25) is 0 Å². The zero-order valence-electron chi connectivity index (χ0n) is 5.39. The van der Waals surface area contributed by atoms with Gasteiger partial charge in [0, 0.05) is 32.7 Å². The fourth-order valence-electron chi connectivity index (χ4n) is 0. The molecule has 0 N–H and O–H groups in total. The molecule has 0 aliphatic heterocycles. The van der Waals surface area contributed by atoms with Gasteiger partial charge in [-0.2, -0.15) is 0 Å².